The van der Waals surface area contributed by atoms with Crippen LogP contribution < -0.4 is 10.6 Å². The lowest BCUT2D eigenvalue weighted by Crippen LogP contribution is -2.27. The normalized spacial score (nSPS) is 22.6. The van der Waals surface area contributed by atoms with Crippen LogP contribution in [0.3, 0.4) is 0 Å². The molecule has 0 spiro atoms. The first-order valence-electron chi connectivity index (χ1n) is 7.50. The molecule has 1 aliphatic rings. The Bertz CT molecular complexity index is 443. The fraction of sp³-hybridized carbons (Fsp3) is 0.667. The maximum Gasteiger partial charge on any atom is 0.168 e. The highest BCUT2D eigenvalue weighted by Crippen LogP contribution is 2.29. The summed E-state index contributed by atoms with van der Waals surface area (Å²) in [5.41, 5.74) is 0. The summed E-state index contributed by atoms with van der Waals surface area (Å²) in [6.45, 7) is 4.61. The van der Waals surface area contributed by atoms with Gasteiger partial charge in [0.15, 0.2) is 23.3 Å². The Balaban J connectivity index is 2.03. The zero-order valence-corrected chi connectivity index (χ0v) is 12.2. The third kappa shape index (κ3) is 3.58. The van der Waals surface area contributed by atoms with Gasteiger partial charge in [0.25, 0.3) is 0 Å². The van der Waals surface area contributed by atoms with Gasteiger partial charge in [0, 0.05) is 18.7 Å². The van der Waals surface area contributed by atoms with Crippen molar-refractivity contribution in [2.24, 2.45) is 5.92 Å². The van der Waals surface area contributed by atoms with E-state index in [1.807, 2.05) is 6.92 Å². The van der Waals surface area contributed by atoms with Crippen LogP contribution in [0.15, 0.2) is 6.07 Å². The molecule has 0 aromatic carbocycles. The standard InChI is InChI=1S/C15H23F2N3/c1-3-10-5-7-11(8-6-10)19-15-13(17)9-12(16)14(20-15)18-4-2/h9-11H,3-8H2,1-2H3,(H2,18,19,20). The van der Waals surface area contributed by atoms with E-state index in [9.17, 15) is 8.78 Å². The first kappa shape index (κ1) is 15.0. The van der Waals surface area contributed by atoms with E-state index in [-0.39, 0.29) is 17.7 Å². The molecule has 0 atom stereocenters. The minimum atomic E-state index is -0.649. The second-order valence-electron chi connectivity index (χ2n) is 5.45. The monoisotopic (exact) mass is 283 g/mol. The fourth-order valence-corrected chi connectivity index (χ4v) is 2.77. The van der Waals surface area contributed by atoms with Crippen LogP contribution in [0.1, 0.15) is 46.0 Å². The molecule has 0 amide bonds. The van der Waals surface area contributed by atoms with Gasteiger partial charge in [0.1, 0.15) is 0 Å². The summed E-state index contributed by atoms with van der Waals surface area (Å²) in [4.78, 5) is 4.02. The van der Waals surface area contributed by atoms with Crippen molar-refractivity contribution in [1.29, 1.82) is 0 Å². The molecule has 1 heterocycles. The quantitative estimate of drug-likeness (QED) is 0.851. The van der Waals surface area contributed by atoms with E-state index in [2.05, 4.69) is 22.5 Å². The molecule has 0 saturated heterocycles. The number of nitrogens with zero attached hydrogens (tertiary/aromatic N) is 1. The van der Waals surface area contributed by atoms with Crippen molar-refractivity contribution >= 4 is 11.6 Å². The number of hydrogen-bond acceptors (Lipinski definition) is 3. The number of aromatic nitrogens is 1. The zero-order valence-electron chi connectivity index (χ0n) is 12.2. The summed E-state index contributed by atoms with van der Waals surface area (Å²) >= 11 is 0. The zero-order chi connectivity index (χ0) is 14.5. The van der Waals surface area contributed by atoms with E-state index in [1.54, 1.807) is 0 Å². The molecule has 20 heavy (non-hydrogen) atoms. The molecule has 1 aliphatic carbocycles. The minimum Gasteiger partial charge on any atom is -0.368 e. The van der Waals surface area contributed by atoms with E-state index < -0.39 is 11.6 Å². The summed E-state index contributed by atoms with van der Waals surface area (Å²) in [5, 5.41) is 5.93. The molecule has 1 aromatic heterocycles. The van der Waals surface area contributed by atoms with Gasteiger partial charge in [-0.25, -0.2) is 13.8 Å². The topological polar surface area (TPSA) is 37.0 Å². The summed E-state index contributed by atoms with van der Waals surface area (Å²) in [6.07, 6.45) is 5.58. The molecular weight excluding hydrogens is 260 g/mol. The molecular formula is C15H23F2N3. The van der Waals surface area contributed by atoms with Gasteiger partial charge in [-0.1, -0.05) is 13.3 Å². The number of halogens is 2. The second-order valence-corrected chi connectivity index (χ2v) is 5.45. The number of nitrogens with one attached hydrogen (secondary N) is 2. The molecule has 0 unspecified atom stereocenters. The van der Waals surface area contributed by atoms with Gasteiger partial charge in [-0.3, -0.25) is 0 Å². The van der Waals surface area contributed by atoms with Gasteiger partial charge < -0.3 is 10.6 Å². The first-order chi connectivity index (χ1) is 9.63. The maximum absolute atomic E-state index is 13.8. The van der Waals surface area contributed by atoms with Crippen LogP contribution in [0.2, 0.25) is 0 Å². The SMILES string of the molecule is CCNc1nc(NC2CCC(CC)CC2)c(F)cc1F. The number of pyridine rings is 1. The van der Waals surface area contributed by atoms with E-state index in [0.29, 0.717) is 6.54 Å². The van der Waals surface area contributed by atoms with E-state index in [0.717, 1.165) is 37.7 Å². The molecule has 5 heteroatoms. The molecule has 2 N–H and O–H groups in total. The fourth-order valence-electron chi connectivity index (χ4n) is 2.77. The van der Waals surface area contributed by atoms with Gasteiger partial charge in [-0.05, 0) is 38.5 Å². The van der Waals surface area contributed by atoms with Crippen LogP contribution >= 0.6 is 0 Å². The first-order valence-corrected chi connectivity index (χ1v) is 7.50. The summed E-state index contributed by atoms with van der Waals surface area (Å²) < 4.78 is 27.3. The number of anilines is 2. The number of hydrogen-bond donors (Lipinski definition) is 2. The Morgan fingerprint density at radius 3 is 2.35 bits per heavy atom. The highest BCUT2D eigenvalue weighted by molar-refractivity contribution is 5.48. The molecule has 0 aliphatic heterocycles. The predicted octanol–water partition coefficient (Wildman–Crippen LogP) is 4.17. The van der Waals surface area contributed by atoms with E-state index >= 15 is 0 Å². The molecule has 0 bridgehead atoms. The Morgan fingerprint density at radius 2 is 1.75 bits per heavy atom. The Labute approximate surface area is 119 Å². The lowest BCUT2D eigenvalue weighted by molar-refractivity contribution is 0.329. The van der Waals surface area contributed by atoms with Crippen LogP contribution in [-0.2, 0) is 0 Å². The molecule has 2 rings (SSSR count). The Hall–Kier alpha value is -1.39. The number of rotatable bonds is 5. The second kappa shape index (κ2) is 6.86. The molecule has 1 saturated carbocycles. The maximum atomic E-state index is 13.8. The Morgan fingerprint density at radius 1 is 1.10 bits per heavy atom. The average Bonchev–Trinajstić information content (AvgIpc) is 2.45. The third-order valence-corrected chi connectivity index (χ3v) is 4.04. The molecule has 0 radical (unpaired) electrons. The molecule has 112 valence electrons. The average molecular weight is 283 g/mol. The van der Waals surface area contributed by atoms with Crippen molar-refractivity contribution in [3.63, 3.8) is 0 Å². The smallest absolute Gasteiger partial charge is 0.168 e. The van der Waals surface area contributed by atoms with Crippen LogP contribution in [0, 0.1) is 17.6 Å². The van der Waals surface area contributed by atoms with E-state index in [4.69, 9.17) is 0 Å². The van der Waals surface area contributed by atoms with Crippen molar-refractivity contribution in [2.75, 3.05) is 17.2 Å². The largest absolute Gasteiger partial charge is 0.368 e. The van der Waals surface area contributed by atoms with Crippen LogP contribution in [0.4, 0.5) is 20.4 Å². The van der Waals surface area contributed by atoms with Crippen LogP contribution in [0.25, 0.3) is 0 Å². The highest BCUT2D eigenvalue weighted by Gasteiger charge is 2.21. The van der Waals surface area contributed by atoms with Crippen molar-refractivity contribution in [1.82, 2.24) is 4.98 Å². The molecule has 3 nitrogen and oxygen atoms in total. The molecule has 1 aromatic rings. The molecule has 1 fully saturated rings. The lowest BCUT2D eigenvalue weighted by atomic mass is 9.84. The summed E-state index contributed by atoms with van der Waals surface area (Å²) in [5.74, 6) is -0.219. The van der Waals surface area contributed by atoms with Crippen molar-refractivity contribution in [3.8, 4) is 0 Å². The van der Waals surface area contributed by atoms with Crippen LogP contribution in [-0.4, -0.2) is 17.6 Å². The third-order valence-electron chi connectivity index (χ3n) is 4.04. The van der Waals surface area contributed by atoms with Gasteiger partial charge >= 0.3 is 0 Å². The summed E-state index contributed by atoms with van der Waals surface area (Å²) in [7, 11) is 0. The van der Waals surface area contributed by atoms with E-state index in [1.165, 1.54) is 6.42 Å². The lowest BCUT2D eigenvalue weighted by Gasteiger charge is -2.29. The van der Waals surface area contributed by atoms with Gasteiger partial charge in [-0.2, -0.15) is 0 Å². The van der Waals surface area contributed by atoms with Gasteiger partial charge in [0.2, 0.25) is 0 Å². The van der Waals surface area contributed by atoms with Crippen molar-refractivity contribution < 1.29 is 8.78 Å². The van der Waals surface area contributed by atoms with Crippen molar-refractivity contribution in [2.45, 2.75) is 52.0 Å². The predicted molar refractivity (Wildman–Crippen MR) is 78.0 cm³/mol. The minimum absolute atomic E-state index is 0.110. The van der Waals surface area contributed by atoms with Gasteiger partial charge in [0.05, 0.1) is 0 Å². The van der Waals surface area contributed by atoms with Gasteiger partial charge in [-0.15, -0.1) is 0 Å². The highest BCUT2D eigenvalue weighted by atomic mass is 19.1. The van der Waals surface area contributed by atoms with Crippen LogP contribution in [0.5, 0.6) is 0 Å². The Kier molecular flexibility index (Phi) is 5.15. The summed E-state index contributed by atoms with van der Waals surface area (Å²) in [6, 6.07) is 1.13. The van der Waals surface area contributed by atoms with Crippen molar-refractivity contribution in [3.05, 3.63) is 17.7 Å².